The normalized spacial score (nSPS) is 35.4. The summed E-state index contributed by atoms with van der Waals surface area (Å²) in [6, 6.07) is 8.74. The number of benzene rings is 1. The van der Waals surface area contributed by atoms with Crippen molar-refractivity contribution >= 4 is 17.5 Å². The van der Waals surface area contributed by atoms with E-state index < -0.39 is 12.0 Å². The molecule has 0 spiro atoms. The molecule has 3 aliphatic rings. The third-order valence-electron chi connectivity index (χ3n) is 4.65. The molecule has 1 aromatic carbocycles. The van der Waals surface area contributed by atoms with Gasteiger partial charge in [0, 0.05) is 0 Å². The van der Waals surface area contributed by atoms with Gasteiger partial charge in [-0.05, 0) is 25.0 Å². The number of anilines is 1. The highest BCUT2D eigenvalue weighted by molar-refractivity contribution is 6.23. The Bertz CT molecular complexity index is 591. The second-order valence-corrected chi connectivity index (χ2v) is 5.74. The van der Waals surface area contributed by atoms with Crippen molar-refractivity contribution < 1.29 is 19.5 Å². The van der Waals surface area contributed by atoms with Crippen molar-refractivity contribution in [3.63, 3.8) is 0 Å². The molecule has 3 heterocycles. The zero-order valence-electron chi connectivity index (χ0n) is 11.4. The van der Waals surface area contributed by atoms with E-state index >= 15 is 0 Å². The molecule has 0 unspecified atom stereocenters. The minimum absolute atomic E-state index is 0.0132. The average Bonchev–Trinajstić information content (AvgIpc) is 3.12. The van der Waals surface area contributed by atoms with Crippen LogP contribution in [0.5, 0.6) is 0 Å². The summed E-state index contributed by atoms with van der Waals surface area (Å²) in [6.07, 6.45) is 0.822. The van der Waals surface area contributed by atoms with E-state index in [9.17, 15) is 14.7 Å². The molecule has 6 heteroatoms. The molecule has 0 saturated carbocycles. The minimum atomic E-state index is -0.739. The number of nitrogens with zero attached hydrogens (tertiary/aromatic N) is 2. The van der Waals surface area contributed by atoms with Crippen LogP contribution in [0.1, 0.15) is 12.8 Å². The van der Waals surface area contributed by atoms with E-state index in [1.54, 1.807) is 29.3 Å². The molecule has 6 nitrogen and oxygen atoms in total. The maximum Gasteiger partial charge on any atom is 0.265 e. The first kappa shape index (κ1) is 12.9. The zero-order valence-corrected chi connectivity index (χ0v) is 11.4. The van der Waals surface area contributed by atoms with Crippen molar-refractivity contribution in [2.75, 3.05) is 11.5 Å². The number of carbonyl (C=O) groups excluding carboxylic acids is 2. The van der Waals surface area contributed by atoms with Crippen LogP contribution < -0.4 is 4.90 Å². The molecule has 3 fully saturated rings. The fraction of sp³-hybridized carbons (Fsp3) is 0.467. The molecule has 1 N–H and O–H groups in total. The van der Waals surface area contributed by atoms with Gasteiger partial charge in [-0.3, -0.25) is 14.4 Å². The lowest BCUT2D eigenvalue weighted by atomic mass is 9.95. The Morgan fingerprint density at radius 1 is 1.14 bits per heavy atom. The molecule has 0 aliphatic carbocycles. The van der Waals surface area contributed by atoms with Crippen LogP contribution in [0.15, 0.2) is 30.3 Å². The lowest BCUT2D eigenvalue weighted by Crippen LogP contribution is -2.41. The van der Waals surface area contributed by atoms with Crippen LogP contribution in [-0.4, -0.2) is 46.8 Å². The number of para-hydroxylation sites is 1. The van der Waals surface area contributed by atoms with Gasteiger partial charge in [0.2, 0.25) is 5.91 Å². The topological polar surface area (TPSA) is 70.1 Å². The van der Waals surface area contributed by atoms with Crippen molar-refractivity contribution in [3.05, 3.63) is 30.3 Å². The van der Waals surface area contributed by atoms with Crippen LogP contribution in [0.3, 0.4) is 0 Å². The van der Waals surface area contributed by atoms with Crippen molar-refractivity contribution in [1.29, 1.82) is 0 Å². The summed E-state index contributed by atoms with van der Waals surface area (Å²) in [7, 11) is 0. The fourth-order valence-corrected chi connectivity index (χ4v) is 3.67. The highest BCUT2D eigenvalue weighted by Gasteiger charge is 2.62. The monoisotopic (exact) mass is 288 g/mol. The highest BCUT2D eigenvalue weighted by Crippen LogP contribution is 2.44. The Morgan fingerprint density at radius 2 is 1.90 bits per heavy atom. The molecule has 0 radical (unpaired) electrons. The van der Waals surface area contributed by atoms with E-state index in [1.807, 2.05) is 6.07 Å². The third-order valence-corrected chi connectivity index (χ3v) is 4.65. The first-order chi connectivity index (χ1) is 10.2. The molecular weight excluding hydrogens is 272 g/mol. The Kier molecular flexibility index (Phi) is 2.85. The predicted molar refractivity (Wildman–Crippen MR) is 73.0 cm³/mol. The lowest BCUT2D eigenvalue weighted by molar-refractivity contribution is -0.183. The number of fused-ring (bicyclic) bond motifs is 3. The first-order valence-electron chi connectivity index (χ1n) is 7.21. The minimum Gasteiger partial charge on any atom is -0.395 e. The van der Waals surface area contributed by atoms with Crippen LogP contribution in [0.4, 0.5) is 5.69 Å². The largest absolute Gasteiger partial charge is 0.395 e. The van der Waals surface area contributed by atoms with Gasteiger partial charge in [0.25, 0.3) is 5.91 Å². The Balaban J connectivity index is 1.66. The summed E-state index contributed by atoms with van der Waals surface area (Å²) in [5.74, 6) is -0.946. The van der Waals surface area contributed by atoms with Gasteiger partial charge in [0.1, 0.15) is 0 Å². The van der Waals surface area contributed by atoms with E-state index in [0.29, 0.717) is 5.69 Å². The number of hydroxylamine groups is 2. The zero-order chi connectivity index (χ0) is 14.6. The SMILES string of the molecule is O=C1[C@H]2[C@H](ON3[C@H](CO)CC[C@@H]23)C(=O)N1c1ccccc1. The summed E-state index contributed by atoms with van der Waals surface area (Å²) in [6.45, 7) is -0.0132. The van der Waals surface area contributed by atoms with Crippen LogP contribution >= 0.6 is 0 Å². The number of carbonyl (C=O) groups is 2. The number of hydrogen-bond acceptors (Lipinski definition) is 5. The number of amides is 2. The fourth-order valence-electron chi connectivity index (χ4n) is 3.67. The Labute approximate surface area is 121 Å². The maximum atomic E-state index is 12.7. The molecule has 110 valence electrons. The van der Waals surface area contributed by atoms with E-state index in [-0.39, 0.29) is 30.5 Å². The Morgan fingerprint density at radius 3 is 2.62 bits per heavy atom. The number of rotatable bonds is 2. The van der Waals surface area contributed by atoms with Crippen molar-refractivity contribution in [1.82, 2.24) is 5.06 Å². The molecule has 4 rings (SSSR count). The first-order valence-corrected chi connectivity index (χ1v) is 7.21. The smallest absolute Gasteiger partial charge is 0.265 e. The van der Waals surface area contributed by atoms with Crippen molar-refractivity contribution in [2.24, 2.45) is 5.92 Å². The number of aliphatic hydroxyl groups is 1. The molecule has 3 saturated heterocycles. The maximum absolute atomic E-state index is 12.7. The molecule has 0 aromatic heterocycles. The molecule has 4 atom stereocenters. The third kappa shape index (κ3) is 1.70. The Hall–Kier alpha value is -1.76. The van der Waals surface area contributed by atoms with E-state index in [1.165, 1.54) is 4.90 Å². The van der Waals surface area contributed by atoms with Crippen LogP contribution in [0.25, 0.3) is 0 Å². The summed E-state index contributed by atoms with van der Waals surface area (Å²) < 4.78 is 0. The predicted octanol–water partition coefficient (Wildman–Crippen LogP) is 0.315. The molecule has 21 heavy (non-hydrogen) atoms. The molecule has 1 aromatic rings. The van der Waals surface area contributed by atoms with E-state index in [0.717, 1.165) is 12.8 Å². The van der Waals surface area contributed by atoms with Gasteiger partial charge in [-0.25, -0.2) is 4.90 Å². The van der Waals surface area contributed by atoms with Gasteiger partial charge in [-0.15, -0.1) is 0 Å². The quantitative estimate of drug-likeness (QED) is 0.793. The van der Waals surface area contributed by atoms with Gasteiger partial charge >= 0.3 is 0 Å². The van der Waals surface area contributed by atoms with Crippen molar-refractivity contribution in [3.8, 4) is 0 Å². The van der Waals surface area contributed by atoms with E-state index in [2.05, 4.69) is 0 Å². The number of imide groups is 1. The lowest BCUT2D eigenvalue weighted by Gasteiger charge is -2.24. The summed E-state index contributed by atoms with van der Waals surface area (Å²) in [5.41, 5.74) is 0.591. The summed E-state index contributed by atoms with van der Waals surface area (Å²) in [5, 5.41) is 11.0. The molecule has 2 amide bonds. The van der Waals surface area contributed by atoms with Gasteiger partial charge in [0.15, 0.2) is 6.10 Å². The van der Waals surface area contributed by atoms with Crippen LogP contribution in [0.2, 0.25) is 0 Å². The summed E-state index contributed by atoms with van der Waals surface area (Å²) >= 11 is 0. The van der Waals surface area contributed by atoms with Gasteiger partial charge in [0.05, 0.1) is 30.3 Å². The average molecular weight is 288 g/mol. The van der Waals surface area contributed by atoms with Gasteiger partial charge in [-0.2, -0.15) is 5.06 Å². The van der Waals surface area contributed by atoms with Gasteiger partial charge in [-0.1, -0.05) is 18.2 Å². The van der Waals surface area contributed by atoms with Crippen LogP contribution in [0, 0.1) is 5.92 Å². The summed E-state index contributed by atoms with van der Waals surface area (Å²) in [4.78, 5) is 32.1. The molecule has 0 bridgehead atoms. The van der Waals surface area contributed by atoms with Crippen LogP contribution in [-0.2, 0) is 14.4 Å². The molecular formula is C15H16N2O4. The second kappa shape index (κ2) is 4.62. The number of hydrogen-bond donors (Lipinski definition) is 1. The van der Waals surface area contributed by atoms with E-state index in [4.69, 9.17) is 4.84 Å². The second-order valence-electron chi connectivity index (χ2n) is 5.74. The van der Waals surface area contributed by atoms with Crippen molar-refractivity contribution in [2.45, 2.75) is 31.0 Å². The highest BCUT2D eigenvalue weighted by atomic mass is 16.7. The number of aliphatic hydroxyl groups excluding tert-OH is 1. The molecule has 3 aliphatic heterocycles. The standard InChI is InChI=1S/C15H16N2O4/c18-8-10-6-7-11-12-13(21-17(10)11)15(20)16(14(12)19)9-4-2-1-3-5-9/h1-5,10-13,18H,6-8H2/t10-,11-,12+,13-/m0/s1. The van der Waals surface area contributed by atoms with Gasteiger partial charge < -0.3 is 5.11 Å².